The average molecular weight is 230 g/mol. The maximum absolute atomic E-state index is 11.1. The molecule has 17 heavy (non-hydrogen) atoms. The summed E-state index contributed by atoms with van der Waals surface area (Å²) in [5.41, 5.74) is 1.20. The van der Waals surface area contributed by atoms with Crippen molar-refractivity contribution >= 4 is 5.91 Å². The van der Waals surface area contributed by atoms with Crippen LogP contribution in [0.5, 0.6) is 0 Å². The Morgan fingerprint density at radius 1 is 1.47 bits per heavy atom. The van der Waals surface area contributed by atoms with Crippen molar-refractivity contribution in [2.24, 2.45) is 0 Å². The fourth-order valence-electron chi connectivity index (χ4n) is 2.10. The molecular weight excluding hydrogens is 212 g/mol. The number of carbonyl (C=O) groups is 1. The Kier molecular flexibility index (Phi) is 3.94. The van der Waals surface area contributed by atoms with Crippen molar-refractivity contribution in [3.8, 4) is 0 Å². The van der Waals surface area contributed by atoms with Crippen LogP contribution in [0.25, 0.3) is 0 Å². The van der Waals surface area contributed by atoms with E-state index >= 15 is 0 Å². The Morgan fingerprint density at radius 3 is 2.82 bits per heavy atom. The minimum absolute atomic E-state index is 0.147. The van der Waals surface area contributed by atoms with Gasteiger partial charge in [-0.25, -0.2) is 0 Å². The van der Waals surface area contributed by atoms with E-state index in [1.165, 1.54) is 5.56 Å². The molecule has 0 spiro atoms. The van der Waals surface area contributed by atoms with Crippen LogP contribution in [0.1, 0.15) is 24.4 Å². The fraction of sp³-hybridized carbons (Fsp3) is 0.357. The summed E-state index contributed by atoms with van der Waals surface area (Å²) in [6.07, 6.45) is 3.47. The number of hydrogen-bond acceptors (Lipinski definition) is 2. The Hall–Kier alpha value is -1.61. The van der Waals surface area contributed by atoms with Crippen molar-refractivity contribution in [3.05, 3.63) is 48.6 Å². The summed E-state index contributed by atoms with van der Waals surface area (Å²) in [5.74, 6) is 0.159. The van der Waals surface area contributed by atoms with E-state index in [0.29, 0.717) is 6.42 Å². The number of amides is 1. The zero-order valence-electron chi connectivity index (χ0n) is 9.86. The van der Waals surface area contributed by atoms with E-state index in [9.17, 15) is 4.79 Å². The van der Waals surface area contributed by atoms with Crippen LogP contribution in [0.15, 0.2) is 43.0 Å². The third kappa shape index (κ3) is 3.17. The Morgan fingerprint density at radius 2 is 2.24 bits per heavy atom. The highest BCUT2D eigenvalue weighted by Crippen LogP contribution is 2.14. The van der Waals surface area contributed by atoms with Gasteiger partial charge in [0.25, 0.3) is 0 Å². The molecule has 1 fully saturated rings. The van der Waals surface area contributed by atoms with E-state index in [0.717, 1.165) is 13.0 Å². The van der Waals surface area contributed by atoms with E-state index < -0.39 is 0 Å². The summed E-state index contributed by atoms with van der Waals surface area (Å²) >= 11 is 0. The normalized spacial score (nSPS) is 20.9. The van der Waals surface area contributed by atoms with E-state index in [1.807, 2.05) is 24.3 Å². The quantitative estimate of drug-likeness (QED) is 0.757. The number of hydrogen-bond donors (Lipinski definition) is 2. The standard InChI is InChI=1S/C14H18N2O/c1-2-13(11-6-4-3-5-7-11)15-10-12-8-9-14(17)16-12/h2-7,12-13,15H,1,8-10H2,(H,16,17). The second-order valence-corrected chi connectivity index (χ2v) is 4.34. The van der Waals surface area contributed by atoms with E-state index in [4.69, 9.17) is 0 Å². The summed E-state index contributed by atoms with van der Waals surface area (Å²) in [7, 11) is 0. The van der Waals surface area contributed by atoms with Crippen molar-refractivity contribution in [3.63, 3.8) is 0 Å². The molecule has 1 aliphatic heterocycles. The van der Waals surface area contributed by atoms with Crippen LogP contribution in [0.4, 0.5) is 0 Å². The second-order valence-electron chi connectivity index (χ2n) is 4.34. The summed E-state index contributed by atoms with van der Waals surface area (Å²) in [6.45, 7) is 4.64. The van der Waals surface area contributed by atoms with Gasteiger partial charge in [0.15, 0.2) is 0 Å². The van der Waals surface area contributed by atoms with Crippen LogP contribution < -0.4 is 10.6 Å². The highest BCUT2D eigenvalue weighted by Gasteiger charge is 2.21. The Balaban J connectivity index is 1.88. The molecule has 1 aromatic rings. The molecule has 2 unspecified atom stereocenters. The lowest BCUT2D eigenvalue weighted by Crippen LogP contribution is -2.36. The van der Waals surface area contributed by atoms with E-state index in [-0.39, 0.29) is 18.0 Å². The van der Waals surface area contributed by atoms with Crippen molar-refractivity contribution in [2.75, 3.05) is 6.54 Å². The van der Waals surface area contributed by atoms with Crippen LogP contribution in [-0.2, 0) is 4.79 Å². The molecule has 0 bridgehead atoms. The largest absolute Gasteiger partial charge is 0.352 e. The molecular formula is C14H18N2O. The molecule has 1 heterocycles. The molecule has 1 aliphatic rings. The molecule has 2 N–H and O–H groups in total. The van der Waals surface area contributed by atoms with Gasteiger partial charge in [0.05, 0.1) is 6.04 Å². The topological polar surface area (TPSA) is 41.1 Å². The second kappa shape index (κ2) is 5.64. The number of benzene rings is 1. The molecule has 0 aromatic heterocycles. The van der Waals surface area contributed by atoms with Gasteiger partial charge in [0.1, 0.15) is 0 Å². The van der Waals surface area contributed by atoms with Gasteiger partial charge in [-0.3, -0.25) is 4.79 Å². The fourth-order valence-corrected chi connectivity index (χ4v) is 2.10. The molecule has 2 atom stereocenters. The molecule has 1 amide bonds. The van der Waals surface area contributed by atoms with Gasteiger partial charge < -0.3 is 10.6 Å². The predicted molar refractivity (Wildman–Crippen MR) is 68.5 cm³/mol. The maximum atomic E-state index is 11.1. The smallest absolute Gasteiger partial charge is 0.220 e. The molecule has 0 aliphatic carbocycles. The first-order valence-corrected chi connectivity index (χ1v) is 6.00. The van der Waals surface area contributed by atoms with Gasteiger partial charge in [0.2, 0.25) is 5.91 Å². The molecule has 2 rings (SSSR count). The SMILES string of the molecule is C=CC(NCC1CCC(=O)N1)c1ccccc1. The van der Waals surface area contributed by atoms with Gasteiger partial charge >= 0.3 is 0 Å². The summed E-state index contributed by atoms with van der Waals surface area (Å²) < 4.78 is 0. The summed E-state index contributed by atoms with van der Waals surface area (Å²) in [5, 5.41) is 6.36. The van der Waals surface area contributed by atoms with E-state index in [2.05, 4.69) is 29.3 Å². The Bertz CT molecular complexity index is 388. The van der Waals surface area contributed by atoms with E-state index in [1.54, 1.807) is 0 Å². The molecule has 0 saturated carbocycles. The van der Waals surface area contributed by atoms with Crippen molar-refractivity contribution in [1.82, 2.24) is 10.6 Å². The van der Waals surface area contributed by atoms with Gasteiger partial charge in [-0.05, 0) is 12.0 Å². The molecule has 0 radical (unpaired) electrons. The van der Waals surface area contributed by atoms with Crippen molar-refractivity contribution < 1.29 is 4.79 Å². The van der Waals surface area contributed by atoms with Crippen LogP contribution in [0, 0.1) is 0 Å². The van der Waals surface area contributed by atoms with Crippen molar-refractivity contribution in [1.29, 1.82) is 0 Å². The lowest BCUT2D eigenvalue weighted by molar-refractivity contribution is -0.119. The molecule has 1 saturated heterocycles. The average Bonchev–Trinajstić information content (AvgIpc) is 2.77. The summed E-state index contributed by atoms with van der Waals surface area (Å²) in [4.78, 5) is 11.1. The maximum Gasteiger partial charge on any atom is 0.220 e. The van der Waals surface area contributed by atoms with Crippen LogP contribution in [0.2, 0.25) is 0 Å². The van der Waals surface area contributed by atoms with Crippen LogP contribution in [0.3, 0.4) is 0 Å². The first-order valence-electron chi connectivity index (χ1n) is 6.00. The molecule has 3 heteroatoms. The lowest BCUT2D eigenvalue weighted by atomic mass is 10.1. The molecule has 1 aromatic carbocycles. The molecule has 90 valence electrons. The molecule has 3 nitrogen and oxygen atoms in total. The zero-order chi connectivity index (χ0) is 12.1. The van der Waals surface area contributed by atoms with Gasteiger partial charge in [0, 0.05) is 19.0 Å². The lowest BCUT2D eigenvalue weighted by Gasteiger charge is -2.18. The van der Waals surface area contributed by atoms with Gasteiger partial charge in [-0.15, -0.1) is 6.58 Å². The Labute approximate surface area is 102 Å². The van der Waals surface area contributed by atoms with Crippen LogP contribution in [-0.4, -0.2) is 18.5 Å². The first kappa shape index (κ1) is 11.9. The third-order valence-electron chi connectivity index (χ3n) is 3.06. The number of rotatable bonds is 5. The van der Waals surface area contributed by atoms with Gasteiger partial charge in [-0.2, -0.15) is 0 Å². The summed E-state index contributed by atoms with van der Waals surface area (Å²) in [6, 6.07) is 10.6. The highest BCUT2D eigenvalue weighted by molar-refractivity contribution is 5.78. The van der Waals surface area contributed by atoms with Crippen LogP contribution >= 0.6 is 0 Å². The van der Waals surface area contributed by atoms with Crippen molar-refractivity contribution in [2.45, 2.75) is 24.9 Å². The third-order valence-corrected chi connectivity index (χ3v) is 3.06. The monoisotopic (exact) mass is 230 g/mol. The number of nitrogens with one attached hydrogen (secondary N) is 2. The number of carbonyl (C=O) groups excluding carboxylic acids is 1. The minimum atomic E-state index is 0.147. The highest BCUT2D eigenvalue weighted by atomic mass is 16.1. The predicted octanol–water partition coefficient (Wildman–Crippen LogP) is 1.78. The zero-order valence-corrected chi connectivity index (χ0v) is 9.86. The van der Waals surface area contributed by atoms with Gasteiger partial charge in [-0.1, -0.05) is 36.4 Å². The minimum Gasteiger partial charge on any atom is -0.352 e. The first-order chi connectivity index (χ1) is 8.29.